The molecule has 0 saturated heterocycles. The predicted octanol–water partition coefficient (Wildman–Crippen LogP) is -1.62. The van der Waals surface area contributed by atoms with Crippen LogP contribution in [0.4, 0.5) is 0 Å². The second kappa shape index (κ2) is 4.95. The average molecular weight is 147 g/mol. The van der Waals surface area contributed by atoms with Crippen molar-refractivity contribution in [2.45, 2.75) is 6.92 Å². The molecule has 0 aliphatic carbocycles. The van der Waals surface area contributed by atoms with Crippen molar-refractivity contribution < 1.29 is 9.90 Å². The van der Waals surface area contributed by atoms with Gasteiger partial charge in [0.1, 0.15) is 0 Å². The summed E-state index contributed by atoms with van der Waals surface area (Å²) in [4.78, 5) is 8.89. The molecule has 0 spiro atoms. The average Bonchev–Trinajstić information content (AvgIpc) is 0.811. The normalized spacial score (nSPS) is 5.00. The van der Waals surface area contributed by atoms with Gasteiger partial charge in [-0.25, -0.2) is 0 Å². The predicted molar refractivity (Wildman–Crippen MR) is 16.4 cm³/mol. The number of carboxylic acid groups (broad SMARTS) is 1. The molecule has 0 atom stereocenters. The smallest absolute Gasteiger partial charge is 0.550 e. The number of aliphatic carboxylic acids is 1. The molecule has 0 aliphatic heterocycles. The Morgan fingerprint density at radius 1 is 1.80 bits per heavy atom. The first-order valence-corrected chi connectivity index (χ1v) is 0.908. The molecule has 0 rings (SSSR count). The molecule has 0 aliphatic rings. The molecule has 0 radical (unpaired) electrons. The van der Waals surface area contributed by atoms with E-state index >= 15 is 0 Å². The van der Waals surface area contributed by atoms with Crippen LogP contribution in [0, 0.1) is 0 Å². The van der Waals surface area contributed by atoms with Crippen LogP contribution in [0.1, 0.15) is 6.92 Å². The number of hydrogen-bond donors (Lipinski definition) is 0. The van der Waals surface area contributed by atoms with Crippen molar-refractivity contribution in [3.05, 3.63) is 0 Å². The van der Waals surface area contributed by atoms with Gasteiger partial charge in [-0.15, -0.1) is 0 Å². The first-order chi connectivity index (χ1) is 1.73. The maximum atomic E-state index is 8.89. The minimum absolute atomic E-state index is 0. The molecule has 0 heterocycles. The first-order valence-electron chi connectivity index (χ1n) is 0.908. The van der Waals surface area contributed by atoms with Gasteiger partial charge in [-0.2, -0.15) is 0 Å². The Bertz CT molecular complexity index is 30.6. The Hall–Kier alpha value is 0.951. The Kier molecular flexibility index (Phi) is 9.25. The van der Waals surface area contributed by atoms with E-state index in [-0.39, 0.29) is 45.5 Å². The van der Waals surface area contributed by atoms with Crippen molar-refractivity contribution in [1.29, 1.82) is 0 Å². The van der Waals surface area contributed by atoms with Crippen LogP contribution in [0.15, 0.2) is 0 Å². The van der Waals surface area contributed by atoms with Crippen LogP contribution < -0.4 is 5.11 Å². The van der Waals surface area contributed by atoms with Gasteiger partial charge in [0.15, 0.2) is 0 Å². The van der Waals surface area contributed by atoms with Crippen LogP contribution in [0.2, 0.25) is 0 Å². The molecule has 0 aromatic carbocycles. The quantitative estimate of drug-likeness (QED) is 0.386. The van der Waals surface area contributed by atoms with Crippen LogP contribution in [-0.4, -0.2) is 51.5 Å². The van der Waals surface area contributed by atoms with Crippen molar-refractivity contribution in [3.63, 3.8) is 0 Å². The summed E-state index contributed by atoms with van der Waals surface area (Å²) in [6, 6.07) is 0. The van der Waals surface area contributed by atoms with Gasteiger partial charge in [-0.05, 0) is 6.92 Å². The molecule has 0 aromatic rings. The van der Waals surface area contributed by atoms with Crippen molar-refractivity contribution in [2.75, 3.05) is 0 Å². The molecule has 24 valence electrons. The van der Waals surface area contributed by atoms with E-state index in [9.17, 15) is 0 Å². The fraction of sp³-hybridized carbons (Fsp3) is 0.500. The van der Waals surface area contributed by atoms with Crippen molar-refractivity contribution in [3.8, 4) is 0 Å². The Balaban J connectivity index is 0. The summed E-state index contributed by atoms with van der Waals surface area (Å²) in [6.45, 7) is 0.972. The summed E-state index contributed by atoms with van der Waals surface area (Å²) in [6.07, 6.45) is 0. The Morgan fingerprint density at radius 3 is 1.80 bits per heavy atom. The maximum Gasteiger partial charge on any atom is 2.00 e. The molecule has 5 heavy (non-hydrogen) atoms. The van der Waals surface area contributed by atoms with Crippen LogP contribution in [0.25, 0.3) is 0 Å². The Labute approximate surface area is 67.4 Å². The fourth-order valence-corrected chi connectivity index (χ4v) is 0. The van der Waals surface area contributed by atoms with Gasteiger partial charge < -0.3 is 9.90 Å². The largest absolute Gasteiger partial charge is 2.00 e. The molecule has 2 nitrogen and oxygen atoms in total. The van der Waals surface area contributed by atoms with Crippen LogP contribution in [0.3, 0.4) is 0 Å². The third-order valence-electron chi connectivity index (χ3n) is 0. The molecule has 0 fully saturated rings. The summed E-state index contributed by atoms with van der Waals surface area (Å²) in [7, 11) is 0. The van der Waals surface area contributed by atoms with Gasteiger partial charge in [0.05, 0.1) is 0 Å². The monoisotopic (exact) mass is 147 g/mol. The van der Waals surface area contributed by atoms with Crippen LogP contribution >= 0.6 is 0 Å². The van der Waals surface area contributed by atoms with Crippen LogP contribution in [-0.2, 0) is 4.79 Å². The second-order valence-corrected chi connectivity index (χ2v) is 0.492. The standard InChI is InChI=1S/C2H4O2.Sr/c1-2(3)4;/h1H3,(H,3,4);/q;+2/p-1. The van der Waals surface area contributed by atoms with Crippen molar-refractivity contribution in [1.82, 2.24) is 0 Å². The zero-order valence-corrected chi connectivity index (χ0v) is 6.50. The molecule has 3 heteroatoms. The summed E-state index contributed by atoms with van der Waals surface area (Å²) in [5, 5.41) is 8.89. The minimum atomic E-state index is -1.08. The van der Waals surface area contributed by atoms with Gasteiger partial charge in [-0.1, -0.05) is 0 Å². The second-order valence-electron chi connectivity index (χ2n) is 0.492. The summed E-state index contributed by atoms with van der Waals surface area (Å²) >= 11 is 0. The zero-order valence-electron chi connectivity index (χ0n) is 3.02. The maximum absolute atomic E-state index is 8.89. The molecule has 0 N–H and O–H groups in total. The van der Waals surface area contributed by atoms with Crippen molar-refractivity contribution in [2.24, 2.45) is 0 Å². The van der Waals surface area contributed by atoms with E-state index in [0.717, 1.165) is 6.92 Å². The molecule has 0 amide bonds. The van der Waals surface area contributed by atoms with E-state index in [4.69, 9.17) is 9.90 Å². The first kappa shape index (κ1) is 9.34. The van der Waals surface area contributed by atoms with E-state index < -0.39 is 5.97 Å². The summed E-state index contributed by atoms with van der Waals surface area (Å²) in [5.74, 6) is -1.08. The number of carbonyl (C=O) groups excluding carboxylic acids is 1. The molecule has 0 bridgehead atoms. The number of rotatable bonds is 0. The molecular formula is C2H3O2Sr+. The van der Waals surface area contributed by atoms with E-state index in [1.54, 1.807) is 0 Å². The summed E-state index contributed by atoms with van der Waals surface area (Å²) in [5.41, 5.74) is 0. The van der Waals surface area contributed by atoms with Crippen LogP contribution in [0.5, 0.6) is 0 Å². The summed E-state index contributed by atoms with van der Waals surface area (Å²) < 4.78 is 0. The minimum Gasteiger partial charge on any atom is -0.550 e. The SMILES string of the molecule is CC(=O)[O-].[Sr+2]. The van der Waals surface area contributed by atoms with E-state index in [1.807, 2.05) is 0 Å². The number of carbonyl (C=O) groups is 1. The van der Waals surface area contributed by atoms with Gasteiger partial charge in [0, 0.05) is 5.97 Å². The molecule has 0 unspecified atom stereocenters. The van der Waals surface area contributed by atoms with Gasteiger partial charge in [-0.3, -0.25) is 0 Å². The molecule has 0 aromatic heterocycles. The van der Waals surface area contributed by atoms with E-state index in [0.29, 0.717) is 0 Å². The zero-order chi connectivity index (χ0) is 3.58. The van der Waals surface area contributed by atoms with Gasteiger partial charge >= 0.3 is 45.5 Å². The third kappa shape index (κ3) is 47.7. The molecule has 0 saturated carbocycles. The number of hydrogen-bond acceptors (Lipinski definition) is 2. The number of carboxylic acids is 1. The van der Waals surface area contributed by atoms with Gasteiger partial charge in [0.25, 0.3) is 0 Å². The third-order valence-corrected chi connectivity index (χ3v) is 0. The van der Waals surface area contributed by atoms with Crippen molar-refractivity contribution >= 4 is 51.5 Å². The molecular weight excluding hydrogens is 144 g/mol. The van der Waals surface area contributed by atoms with Gasteiger partial charge in [0.2, 0.25) is 0 Å². The van der Waals surface area contributed by atoms with E-state index in [2.05, 4.69) is 0 Å². The fourth-order valence-electron chi connectivity index (χ4n) is 0. The van der Waals surface area contributed by atoms with E-state index in [1.165, 1.54) is 0 Å². The Morgan fingerprint density at radius 2 is 1.80 bits per heavy atom. The topological polar surface area (TPSA) is 40.1 Å².